The summed E-state index contributed by atoms with van der Waals surface area (Å²) < 4.78 is 0. The first-order valence-electron chi connectivity index (χ1n) is 8.74. The zero-order chi connectivity index (χ0) is 17.3. The summed E-state index contributed by atoms with van der Waals surface area (Å²) in [4.78, 5) is 17.4. The molecule has 2 unspecified atom stereocenters. The molecule has 1 fully saturated rings. The zero-order valence-corrected chi connectivity index (χ0v) is 15.4. The minimum atomic E-state index is 0.0689. The molecule has 1 aromatic carbocycles. The van der Waals surface area contributed by atoms with Crippen molar-refractivity contribution in [3.05, 3.63) is 34.5 Å². The van der Waals surface area contributed by atoms with Crippen molar-refractivity contribution in [1.82, 2.24) is 15.2 Å². The quantitative estimate of drug-likeness (QED) is 0.862. The molecule has 4 nitrogen and oxygen atoms in total. The van der Waals surface area contributed by atoms with E-state index in [1.807, 2.05) is 18.2 Å². The summed E-state index contributed by atoms with van der Waals surface area (Å²) in [5.41, 5.74) is 3.64. The molecule has 0 saturated carbocycles. The van der Waals surface area contributed by atoms with Crippen LogP contribution < -0.4 is 5.32 Å². The Kier molecular flexibility index (Phi) is 5.16. The second-order valence-corrected chi connectivity index (χ2v) is 7.40. The largest absolute Gasteiger partial charge is 0.357 e. The van der Waals surface area contributed by atoms with Crippen LogP contribution in [0, 0.1) is 12.8 Å². The van der Waals surface area contributed by atoms with E-state index < -0.39 is 0 Å². The minimum Gasteiger partial charge on any atom is -0.357 e. The lowest BCUT2D eigenvalue weighted by molar-refractivity contribution is -0.119. The number of rotatable bonds is 5. The van der Waals surface area contributed by atoms with Gasteiger partial charge in [0.25, 0.3) is 0 Å². The highest BCUT2D eigenvalue weighted by Crippen LogP contribution is 2.28. The van der Waals surface area contributed by atoms with Gasteiger partial charge in [-0.2, -0.15) is 0 Å². The predicted octanol–water partition coefficient (Wildman–Crippen LogP) is 3.87. The number of likely N-dealkylation sites (tertiary alicyclic amines) is 1. The molecule has 0 spiro atoms. The van der Waals surface area contributed by atoms with Gasteiger partial charge in [0.2, 0.25) is 5.91 Å². The van der Waals surface area contributed by atoms with Crippen LogP contribution in [0.5, 0.6) is 0 Å². The Morgan fingerprint density at radius 3 is 2.92 bits per heavy atom. The SMILES string of the molecule is CCCC1CN(Cc2[nH]c3ccc(Cl)cc3c2C)CC1NC(C)=O. The average molecular weight is 348 g/mol. The third kappa shape index (κ3) is 3.60. The smallest absolute Gasteiger partial charge is 0.217 e. The van der Waals surface area contributed by atoms with E-state index in [9.17, 15) is 4.79 Å². The highest BCUT2D eigenvalue weighted by atomic mass is 35.5. The molecule has 5 heteroatoms. The Morgan fingerprint density at radius 1 is 1.42 bits per heavy atom. The molecule has 1 aromatic heterocycles. The monoisotopic (exact) mass is 347 g/mol. The Balaban J connectivity index is 1.76. The summed E-state index contributed by atoms with van der Waals surface area (Å²) in [6, 6.07) is 6.25. The van der Waals surface area contributed by atoms with Gasteiger partial charge < -0.3 is 10.3 Å². The Morgan fingerprint density at radius 2 is 2.21 bits per heavy atom. The number of aromatic amines is 1. The predicted molar refractivity (Wildman–Crippen MR) is 99.3 cm³/mol. The standard InChI is InChI=1S/C19H26ClN3O/c1-4-5-14-9-23(11-19(14)21-13(3)24)10-18-12(2)16-8-15(20)6-7-17(16)22-18/h6-8,14,19,22H,4-5,9-11H2,1-3H3,(H,21,24). The molecule has 3 rings (SSSR count). The van der Waals surface area contributed by atoms with Crippen molar-refractivity contribution in [2.24, 2.45) is 5.92 Å². The number of fused-ring (bicyclic) bond motifs is 1. The van der Waals surface area contributed by atoms with Crippen molar-refractivity contribution in [3.63, 3.8) is 0 Å². The fraction of sp³-hybridized carbons (Fsp3) is 0.526. The number of halogens is 1. The van der Waals surface area contributed by atoms with Gasteiger partial charge >= 0.3 is 0 Å². The zero-order valence-electron chi connectivity index (χ0n) is 14.7. The van der Waals surface area contributed by atoms with Gasteiger partial charge in [-0.25, -0.2) is 0 Å². The summed E-state index contributed by atoms with van der Waals surface area (Å²) in [5.74, 6) is 0.609. The van der Waals surface area contributed by atoms with Gasteiger partial charge in [-0.1, -0.05) is 24.9 Å². The van der Waals surface area contributed by atoms with E-state index in [0.29, 0.717) is 5.92 Å². The van der Waals surface area contributed by atoms with Gasteiger partial charge in [-0.3, -0.25) is 9.69 Å². The van der Waals surface area contributed by atoms with Crippen molar-refractivity contribution < 1.29 is 4.79 Å². The topological polar surface area (TPSA) is 48.1 Å². The molecule has 2 aromatic rings. The van der Waals surface area contributed by atoms with Crippen LogP contribution in [0.15, 0.2) is 18.2 Å². The van der Waals surface area contributed by atoms with Gasteiger partial charge in [0, 0.05) is 54.2 Å². The molecule has 1 aliphatic rings. The van der Waals surface area contributed by atoms with Crippen LogP contribution in [-0.2, 0) is 11.3 Å². The van der Waals surface area contributed by atoms with E-state index in [4.69, 9.17) is 11.6 Å². The van der Waals surface area contributed by atoms with Crippen molar-refractivity contribution >= 4 is 28.4 Å². The second-order valence-electron chi connectivity index (χ2n) is 6.97. The summed E-state index contributed by atoms with van der Waals surface area (Å²) >= 11 is 6.13. The molecule has 1 amide bonds. The van der Waals surface area contributed by atoms with Crippen LogP contribution in [0.3, 0.4) is 0 Å². The van der Waals surface area contributed by atoms with Gasteiger partial charge in [-0.15, -0.1) is 0 Å². The number of H-pyrrole nitrogens is 1. The second kappa shape index (κ2) is 7.16. The first-order chi connectivity index (χ1) is 11.5. The lowest BCUT2D eigenvalue weighted by Gasteiger charge is -2.18. The Bertz CT molecular complexity index is 740. The van der Waals surface area contributed by atoms with E-state index in [1.165, 1.54) is 16.6 Å². The number of hydrogen-bond acceptors (Lipinski definition) is 2. The summed E-state index contributed by atoms with van der Waals surface area (Å²) in [5, 5.41) is 5.10. The number of nitrogens with zero attached hydrogens (tertiary/aromatic N) is 1. The summed E-state index contributed by atoms with van der Waals surface area (Å²) in [7, 11) is 0. The maximum absolute atomic E-state index is 11.5. The first-order valence-corrected chi connectivity index (χ1v) is 9.12. The fourth-order valence-corrected chi connectivity index (χ4v) is 4.09. The van der Waals surface area contributed by atoms with Gasteiger partial charge in [-0.05, 0) is 43.0 Å². The lowest BCUT2D eigenvalue weighted by atomic mass is 9.98. The number of hydrogen-bond donors (Lipinski definition) is 2. The molecule has 130 valence electrons. The molecule has 2 atom stereocenters. The van der Waals surface area contributed by atoms with Crippen LogP contribution in [0.2, 0.25) is 5.02 Å². The fourth-order valence-electron chi connectivity index (χ4n) is 3.91. The third-order valence-corrected chi connectivity index (χ3v) is 5.31. The minimum absolute atomic E-state index is 0.0689. The van der Waals surface area contributed by atoms with Crippen molar-refractivity contribution in [2.45, 2.75) is 46.2 Å². The number of carbonyl (C=O) groups is 1. The van der Waals surface area contributed by atoms with Gasteiger partial charge in [0.05, 0.1) is 0 Å². The van der Waals surface area contributed by atoms with E-state index in [-0.39, 0.29) is 11.9 Å². The number of aryl methyl sites for hydroxylation is 1. The van der Waals surface area contributed by atoms with E-state index in [1.54, 1.807) is 6.92 Å². The first kappa shape index (κ1) is 17.3. The Hall–Kier alpha value is -1.52. The maximum atomic E-state index is 11.5. The molecular formula is C19H26ClN3O. The number of amides is 1. The van der Waals surface area contributed by atoms with Crippen molar-refractivity contribution in [3.8, 4) is 0 Å². The van der Waals surface area contributed by atoms with Crippen LogP contribution >= 0.6 is 11.6 Å². The molecule has 0 bridgehead atoms. The van der Waals surface area contributed by atoms with E-state index in [0.717, 1.165) is 43.0 Å². The molecule has 24 heavy (non-hydrogen) atoms. The van der Waals surface area contributed by atoms with Gasteiger partial charge in [0.15, 0.2) is 0 Å². The lowest BCUT2D eigenvalue weighted by Crippen LogP contribution is -2.39. The molecular weight excluding hydrogens is 322 g/mol. The summed E-state index contributed by atoms with van der Waals surface area (Å²) in [6.45, 7) is 8.80. The highest BCUT2D eigenvalue weighted by molar-refractivity contribution is 6.31. The molecule has 2 heterocycles. The number of carbonyl (C=O) groups excluding carboxylic acids is 1. The average Bonchev–Trinajstić information content (AvgIpc) is 3.02. The maximum Gasteiger partial charge on any atom is 0.217 e. The Labute approximate surface area is 148 Å². The number of benzene rings is 1. The third-order valence-electron chi connectivity index (χ3n) is 5.07. The molecule has 2 N–H and O–H groups in total. The molecule has 1 aliphatic heterocycles. The van der Waals surface area contributed by atoms with Crippen LogP contribution in [0.4, 0.5) is 0 Å². The van der Waals surface area contributed by atoms with Crippen molar-refractivity contribution in [1.29, 1.82) is 0 Å². The van der Waals surface area contributed by atoms with E-state index in [2.05, 4.69) is 29.0 Å². The van der Waals surface area contributed by atoms with Crippen LogP contribution in [-0.4, -0.2) is 34.9 Å². The number of nitrogens with one attached hydrogen (secondary N) is 2. The normalized spacial score (nSPS) is 21.5. The highest BCUT2D eigenvalue weighted by Gasteiger charge is 2.32. The van der Waals surface area contributed by atoms with Crippen LogP contribution in [0.1, 0.15) is 37.9 Å². The van der Waals surface area contributed by atoms with Crippen LogP contribution in [0.25, 0.3) is 10.9 Å². The van der Waals surface area contributed by atoms with E-state index >= 15 is 0 Å². The molecule has 1 saturated heterocycles. The molecule has 0 radical (unpaired) electrons. The van der Waals surface area contributed by atoms with Gasteiger partial charge in [0.1, 0.15) is 0 Å². The number of aromatic nitrogens is 1. The summed E-state index contributed by atoms with van der Waals surface area (Å²) in [6.07, 6.45) is 2.31. The van der Waals surface area contributed by atoms with Crippen molar-refractivity contribution in [2.75, 3.05) is 13.1 Å². The molecule has 0 aliphatic carbocycles.